The number of allylic oxidation sites excluding steroid dienone is 7. The highest BCUT2D eigenvalue weighted by atomic mass is 19.4. The van der Waals surface area contributed by atoms with Crippen LogP contribution in [0, 0.1) is 24.7 Å². The average Bonchev–Trinajstić information content (AvgIpc) is 3.34. The van der Waals surface area contributed by atoms with Gasteiger partial charge < -0.3 is 14.8 Å². The van der Waals surface area contributed by atoms with Crippen molar-refractivity contribution in [2.24, 2.45) is 5.92 Å². The number of carbonyl (C=O) groups is 3. The topological polar surface area (TPSA) is 97.8 Å². The molecule has 11 heteroatoms. The van der Waals surface area contributed by atoms with Crippen molar-refractivity contribution < 1.29 is 37.0 Å². The Morgan fingerprint density at radius 3 is 2.15 bits per heavy atom. The largest absolute Gasteiger partial charge is 0.443 e. The van der Waals surface area contributed by atoms with Crippen LogP contribution in [0.4, 0.5) is 28.6 Å². The first-order valence-electron chi connectivity index (χ1n) is 14.4. The summed E-state index contributed by atoms with van der Waals surface area (Å²) in [7, 11) is 0. The lowest BCUT2D eigenvalue weighted by Crippen LogP contribution is -2.44. The average molecular weight is 634 g/mol. The summed E-state index contributed by atoms with van der Waals surface area (Å²) in [4.78, 5) is 44.1. The van der Waals surface area contributed by atoms with Crippen LogP contribution in [-0.4, -0.2) is 39.2 Å². The number of rotatable bonds is 3. The van der Waals surface area contributed by atoms with E-state index in [2.05, 4.69) is 22.1 Å². The van der Waals surface area contributed by atoms with Crippen LogP contribution in [0.15, 0.2) is 83.8 Å². The highest BCUT2D eigenvalue weighted by Gasteiger charge is 2.38. The number of pyridine rings is 1. The zero-order chi connectivity index (χ0) is 34.0. The maximum absolute atomic E-state index is 13.2. The molecule has 8 nitrogen and oxygen atoms in total. The van der Waals surface area contributed by atoms with Crippen LogP contribution in [0.5, 0.6) is 0 Å². The highest BCUT2D eigenvalue weighted by molar-refractivity contribution is 6.04. The van der Waals surface area contributed by atoms with Crippen LogP contribution in [0.25, 0.3) is 0 Å². The third-order valence-electron chi connectivity index (χ3n) is 6.53. The number of fused-ring (bicyclic) bond motifs is 1. The van der Waals surface area contributed by atoms with E-state index in [4.69, 9.17) is 9.47 Å². The molecule has 240 valence electrons. The number of imide groups is 1. The zero-order valence-corrected chi connectivity index (χ0v) is 26.5. The molecule has 2 aromatic rings. The minimum Gasteiger partial charge on any atom is -0.443 e. The van der Waals surface area contributed by atoms with Crippen molar-refractivity contribution in [1.29, 1.82) is 0 Å². The normalized spacial score (nSPS) is 15.8. The maximum Gasteiger partial charge on any atom is 0.424 e. The fourth-order valence-corrected chi connectivity index (χ4v) is 4.47. The first-order valence-corrected chi connectivity index (χ1v) is 14.4. The molecule has 2 aliphatic rings. The Kier molecular flexibility index (Phi) is 9.33. The van der Waals surface area contributed by atoms with Crippen molar-refractivity contribution in [3.63, 3.8) is 0 Å². The molecule has 46 heavy (non-hydrogen) atoms. The summed E-state index contributed by atoms with van der Waals surface area (Å²) in [6.07, 6.45) is 3.42. The Bertz CT molecular complexity index is 1730. The number of aromatic nitrogens is 1. The third kappa shape index (κ3) is 8.33. The first-order chi connectivity index (χ1) is 21.3. The molecule has 0 bridgehead atoms. The second-order valence-electron chi connectivity index (χ2n) is 12.6. The third-order valence-corrected chi connectivity index (χ3v) is 6.53. The molecule has 0 aliphatic heterocycles. The van der Waals surface area contributed by atoms with E-state index >= 15 is 0 Å². The molecule has 1 N–H and O–H groups in total. The van der Waals surface area contributed by atoms with Gasteiger partial charge in [0.25, 0.3) is 5.91 Å². The summed E-state index contributed by atoms with van der Waals surface area (Å²) in [5, 5.41) is 2.40. The lowest BCUT2D eigenvalue weighted by molar-refractivity contribution is -0.137. The molecular formula is C35H34F3N3O5. The SMILES string of the molecule is Cc1ccc(C(=O)Nc2cc(C(F)(F)F)ccn2)cc1C#CC1=CC=C2C(N(C(=O)OC(C)(C)C)C(=O)OC(C)(C)C)=CC=CC12. The molecule has 1 unspecified atom stereocenters. The van der Waals surface area contributed by atoms with Gasteiger partial charge in [0.15, 0.2) is 0 Å². The smallest absolute Gasteiger partial charge is 0.424 e. The van der Waals surface area contributed by atoms with E-state index in [0.717, 1.165) is 28.8 Å². The van der Waals surface area contributed by atoms with E-state index in [1.54, 1.807) is 84.0 Å². The summed E-state index contributed by atoms with van der Waals surface area (Å²) >= 11 is 0. The maximum atomic E-state index is 13.2. The molecule has 0 spiro atoms. The van der Waals surface area contributed by atoms with Crippen LogP contribution >= 0.6 is 0 Å². The van der Waals surface area contributed by atoms with Crippen molar-refractivity contribution >= 4 is 23.9 Å². The Morgan fingerprint density at radius 2 is 1.54 bits per heavy atom. The number of benzene rings is 1. The number of alkyl halides is 3. The van der Waals surface area contributed by atoms with Gasteiger partial charge in [0.1, 0.15) is 17.0 Å². The fraction of sp³-hybridized carbons (Fsp3) is 0.314. The van der Waals surface area contributed by atoms with Crippen LogP contribution < -0.4 is 5.32 Å². The molecule has 4 rings (SSSR count). The van der Waals surface area contributed by atoms with E-state index in [0.29, 0.717) is 22.4 Å². The Balaban J connectivity index is 1.55. The fourth-order valence-electron chi connectivity index (χ4n) is 4.47. The van der Waals surface area contributed by atoms with Gasteiger partial charge in [0, 0.05) is 28.8 Å². The van der Waals surface area contributed by atoms with Crippen LogP contribution in [0.1, 0.15) is 68.6 Å². The van der Waals surface area contributed by atoms with Gasteiger partial charge in [-0.3, -0.25) is 4.79 Å². The number of ether oxygens (including phenoxy) is 2. The predicted octanol–water partition coefficient (Wildman–Crippen LogP) is 8.12. The monoisotopic (exact) mass is 633 g/mol. The molecule has 3 amide bonds. The van der Waals surface area contributed by atoms with Gasteiger partial charge in [-0.05, 0) is 96.0 Å². The lowest BCUT2D eigenvalue weighted by atomic mass is 9.89. The zero-order valence-electron chi connectivity index (χ0n) is 26.5. The minimum absolute atomic E-state index is 0.182. The second-order valence-corrected chi connectivity index (χ2v) is 12.6. The molecule has 0 saturated heterocycles. The molecule has 1 heterocycles. The number of nitrogens with one attached hydrogen (secondary N) is 1. The molecule has 2 aliphatic carbocycles. The van der Waals surface area contributed by atoms with Gasteiger partial charge in [-0.2, -0.15) is 18.1 Å². The number of hydrogen-bond acceptors (Lipinski definition) is 6. The van der Waals surface area contributed by atoms with Gasteiger partial charge in [-0.1, -0.05) is 36.1 Å². The van der Waals surface area contributed by atoms with Crippen LogP contribution in [0.3, 0.4) is 0 Å². The van der Waals surface area contributed by atoms with E-state index in [1.165, 1.54) is 0 Å². The number of anilines is 1. The number of aryl methyl sites for hydroxylation is 1. The minimum atomic E-state index is -4.58. The summed E-state index contributed by atoms with van der Waals surface area (Å²) in [6, 6.07) is 6.36. The van der Waals surface area contributed by atoms with E-state index < -0.39 is 41.0 Å². The second kappa shape index (κ2) is 12.7. The van der Waals surface area contributed by atoms with Gasteiger partial charge in [0.2, 0.25) is 0 Å². The quantitative estimate of drug-likeness (QED) is 0.343. The number of nitrogens with zero attached hydrogens (tertiary/aromatic N) is 2. The Morgan fingerprint density at radius 1 is 0.891 bits per heavy atom. The van der Waals surface area contributed by atoms with Crippen molar-refractivity contribution in [2.45, 2.75) is 65.8 Å². The number of amides is 3. The van der Waals surface area contributed by atoms with Gasteiger partial charge in [-0.15, -0.1) is 0 Å². The number of halogens is 3. The Hall–Kier alpha value is -5.11. The predicted molar refractivity (Wildman–Crippen MR) is 166 cm³/mol. The molecule has 1 aromatic carbocycles. The first kappa shape index (κ1) is 33.8. The molecule has 0 saturated carbocycles. The number of carbonyl (C=O) groups excluding carboxylic acids is 3. The van der Waals surface area contributed by atoms with E-state index in [1.807, 2.05) is 13.0 Å². The van der Waals surface area contributed by atoms with E-state index in [-0.39, 0.29) is 17.3 Å². The number of hydrogen-bond donors (Lipinski definition) is 1. The van der Waals surface area contributed by atoms with Gasteiger partial charge >= 0.3 is 18.4 Å². The van der Waals surface area contributed by atoms with Crippen LogP contribution in [-0.2, 0) is 15.7 Å². The standard InChI is InChI=1S/C35H34F3N3O5/c1-21-11-12-24(30(42)40-29-20-25(17-18-39-29)35(36,37)38)19-23(21)14-13-22-15-16-27-26(22)9-8-10-28(27)41(31(43)45-33(2,3)4)32(44)46-34(5,6)7/h8-12,15-20,26H,1-7H3,(H,39,40,42). The van der Waals surface area contributed by atoms with E-state index in [9.17, 15) is 27.6 Å². The lowest BCUT2D eigenvalue weighted by Gasteiger charge is -2.32. The molecule has 1 aromatic heterocycles. The molecular weight excluding hydrogens is 599 g/mol. The molecule has 1 atom stereocenters. The van der Waals surface area contributed by atoms with Crippen molar-refractivity contribution in [2.75, 3.05) is 5.32 Å². The molecule has 0 radical (unpaired) electrons. The van der Waals surface area contributed by atoms with Gasteiger partial charge in [-0.25, -0.2) is 14.6 Å². The summed E-state index contributed by atoms with van der Waals surface area (Å²) in [6.45, 7) is 12.0. The van der Waals surface area contributed by atoms with Crippen LogP contribution in [0.2, 0.25) is 0 Å². The van der Waals surface area contributed by atoms with Crippen molar-refractivity contribution in [3.8, 4) is 11.8 Å². The highest BCUT2D eigenvalue weighted by Crippen LogP contribution is 2.38. The van der Waals surface area contributed by atoms with Crippen molar-refractivity contribution in [3.05, 3.63) is 106 Å². The molecule has 0 fully saturated rings. The van der Waals surface area contributed by atoms with Crippen molar-refractivity contribution in [1.82, 2.24) is 9.88 Å². The Labute approximate surface area is 265 Å². The summed E-state index contributed by atoms with van der Waals surface area (Å²) in [5.41, 5.74) is 0.424. The summed E-state index contributed by atoms with van der Waals surface area (Å²) in [5.74, 6) is 4.96. The van der Waals surface area contributed by atoms with Gasteiger partial charge in [0.05, 0.1) is 11.3 Å². The summed E-state index contributed by atoms with van der Waals surface area (Å²) < 4.78 is 50.3.